The maximum atomic E-state index is 9.96. The molecule has 6 nitrogen and oxygen atoms in total. The monoisotopic (exact) mass is 217 g/mol. The van der Waals surface area contributed by atoms with Gasteiger partial charge in [0, 0.05) is 14.0 Å². The molecular formula is C9H15NO5. The Kier molecular flexibility index (Phi) is 2.92. The minimum Gasteiger partial charge on any atom is -0.450 e. The highest BCUT2D eigenvalue weighted by molar-refractivity contribution is 5.75. The van der Waals surface area contributed by atoms with Crippen LogP contribution in [0.3, 0.4) is 0 Å². The summed E-state index contributed by atoms with van der Waals surface area (Å²) in [5, 5.41) is 19.0. The molecule has 6 heteroatoms. The first-order valence-electron chi connectivity index (χ1n) is 4.85. The van der Waals surface area contributed by atoms with Crippen LogP contribution in [0, 0.1) is 0 Å². The molecule has 2 aliphatic heterocycles. The van der Waals surface area contributed by atoms with Gasteiger partial charge >= 0.3 is 0 Å². The minimum absolute atomic E-state index is 0.221. The van der Waals surface area contributed by atoms with Crippen LogP contribution in [-0.2, 0) is 14.2 Å². The lowest BCUT2D eigenvalue weighted by Crippen LogP contribution is -2.57. The number of methoxy groups -OCH3 is 1. The summed E-state index contributed by atoms with van der Waals surface area (Å²) in [5.74, 6) is 0.484. The molecule has 0 spiro atoms. The first-order valence-corrected chi connectivity index (χ1v) is 4.85. The van der Waals surface area contributed by atoms with E-state index in [4.69, 9.17) is 19.3 Å². The predicted molar refractivity (Wildman–Crippen MR) is 50.5 cm³/mol. The van der Waals surface area contributed by atoms with E-state index >= 15 is 0 Å². The molecule has 15 heavy (non-hydrogen) atoms. The number of rotatable bonds is 2. The fraction of sp³-hybridized carbons (Fsp3) is 0.889. The van der Waals surface area contributed by atoms with Crippen molar-refractivity contribution in [3.63, 3.8) is 0 Å². The number of nitrogens with zero attached hydrogens (tertiary/aromatic N) is 1. The van der Waals surface area contributed by atoms with E-state index in [1.165, 1.54) is 7.11 Å². The third-order valence-corrected chi connectivity index (χ3v) is 2.71. The minimum atomic E-state index is -0.816. The molecule has 5 atom stereocenters. The molecule has 2 N–H and O–H groups in total. The number of hydrogen-bond acceptors (Lipinski definition) is 6. The summed E-state index contributed by atoms with van der Waals surface area (Å²) in [6.45, 7) is 1.48. The van der Waals surface area contributed by atoms with Gasteiger partial charge in [0.15, 0.2) is 5.90 Å². The fourth-order valence-electron chi connectivity index (χ4n) is 1.99. The van der Waals surface area contributed by atoms with Gasteiger partial charge in [-0.05, 0) is 0 Å². The molecule has 0 aliphatic carbocycles. The molecule has 86 valence electrons. The lowest BCUT2D eigenvalue weighted by Gasteiger charge is -2.38. The van der Waals surface area contributed by atoms with Crippen LogP contribution in [-0.4, -0.2) is 60.5 Å². The van der Waals surface area contributed by atoms with Gasteiger partial charge in [0.1, 0.15) is 24.4 Å². The lowest BCUT2D eigenvalue weighted by atomic mass is 9.98. The zero-order valence-electron chi connectivity index (χ0n) is 8.66. The number of aliphatic hydroxyl groups excluding tert-OH is 2. The first-order chi connectivity index (χ1) is 7.17. The van der Waals surface area contributed by atoms with Crippen molar-refractivity contribution in [2.45, 2.75) is 37.6 Å². The molecule has 1 saturated heterocycles. The van der Waals surface area contributed by atoms with Crippen molar-refractivity contribution in [2.75, 3.05) is 13.7 Å². The topological polar surface area (TPSA) is 80.5 Å². The Hall–Kier alpha value is -0.690. The van der Waals surface area contributed by atoms with Gasteiger partial charge in [-0.3, -0.25) is 0 Å². The van der Waals surface area contributed by atoms with E-state index in [2.05, 4.69) is 4.99 Å². The Balaban J connectivity index is 2.16. The quantitative estimate of drug-likeness (QED) is 0.613. The fourth-order valence-corrected chi connectivity index (χ4v) is 1.99. The van der Waals surface area contributed by atoms with E-state index in [1.54, 1.807) is 6.92 Å². The molecule has 0 radical (unpaired) electrons. The maximum absolute atomic E-state index is 9.96. The van der Waals surface area contributed by atoms with E-state index in [9.17, 15) is 5.11 Å². The Bertz CT molecular complexity index is 269. The highest BCUT2D eigenvalue weighted by Gasteiger charge is 2.49. The van der Waals surface area contributed by atoms with Crippen LogP contribution in [0.25, 0.3) is 0 Å². The summed E-state index contributed by atoms with van der Waals surface area (Å²) < 4.78 is 15.8. The summed E-state index contributed by atoms with van der Waals surface area (Å²) in [7, 11) is 1.46. The molecule has 0 aromatic heterocycles. The van der Waals surface area contributed by atoms with Crippen LogP contribution < -0.4 is 0 Å². The second-order valence-corrected chi connectivity index (χ2v) is 3.67. The standard InChI is InChI=1S/C9H15NO5/c1-4-10-6-7(12)8(13-2)5(3-11)15-9(6)14-4/h5-9,11-12H,3H2,1-2H3/t5?,6-,7?,8-,9+/m0/s1. The van der Waals surface area contributed by atoms with E-state index in [-0.39, 0.29) is 6.61 Å². The van der Waals surface area contributed by atoms with Crippen LogP contribution in [0.15, 0.2) is 4.99 Å². The zero-order chi connectivity index (χ0) is 11.0. The lowest BCUT2D eigenvalue weighted by molar-refractivity contribution is -0.240. The van der Waals surface area contributed by atoms with Crippen LogP contribution in [0.5, 0.6) is 0 Å². The summed E-state index contributed by atoms with van der Waals surface area (Å²) in [6, 6.07) is -0.460. The average molecular weight is 217 g/mol. The van der Waals surface area contributed by atoms with Crippen molar-refractivity contribution < 1.29 is 24.4 Å². The van der Waals surface area contributed by atoms with Crippen molar-refractivity contribution in [3.05, 3.63) is 0 Å². The SMILES string of the molecule is CO[C@H]1C(CO)O[C@H]2OC(C)=N[C@H]2C1O. The van der Waals surface area contributed by atoms with Crippen LogP contribution in [0.4, 0.5) is 0 Å². The van der Waals surface area contributed by atoms with Gasteiger partial charge in [0.05, 0.1) is 6.61 Å². The largest absolute Gasteiger partial charge is 0.450 e. The first kappa shape index (κ1) is 10.8. The second-order valence-electron chi connectivity index (χ2n) is 3.67. The van der Waals surface area contributed by atoms with Crippen molar-refractivity contribution in [1.29, 1.82) is 0 Å². The van der Waals surface area contributed by atoms with Crippen LogP contribution in [0.1, 0.15) is 6.92 Å². The molecule has 1 fully saturated rings. The highest BCUT2D eigenvalue weighted by atomic mass is 16.7. The molecule has 2 heterocycles. The molecule has 0 saturated carbocycles. The zero-order valence-corrected chi connectivity index (χ0v) is 8.66. The van der Waals surface area contributed by atoms with Crippen molar-refractivity contribution in [3.8, 4) is 0 Å². The molecule has 2 rings (SSSR count). The Morgan fingerprint density at radius 1 is 1.53 bits per heavy atom. The molecule has 0 bridgehead atoms. The van der Waals surface area contributed by atoms with Crippen molar-refractivity contribution >= 4 is 5.90 Å². The summed E-state index contributed by atoms with van der Waals surface area (Å²) in [6.07, 6.45) is -2.58. The third kappa shape index (κ3) is 1.74. The average Bonchev–Trinajstić information content (AvgIpc) is 2.59. The van der Waals surface area contributed by atoms with E-state index in [0.717, 1.165) is 0 Å². The predicted octanol–water partition coefficient (Wildman–Crippen LogP) is -1.10. The van der Waals surface area contributed by atoms with Gasteiger partial charge in [0.2, 0.25) is 6.29 Å². The molecule has 0 aromatic rings. The smallest absolute Gasteiger partial charge is 0.227 e. The summed E-state index contributed by atoms with van der Waals surface area (Å²) >= 11 is 0. The van der Waals surface area contributed by atoms with Crippen LogP contribution >= 0.6 is 0 Å². The van der Waals surface area contributed by atoms with Gasteiger partial charge in [-0.2, -0.15) is 0 Å². The third-order valence-electron chi connectivity index (χ3n) is 2.71. The van der Waals surface area contributed by atoms with Gasteiger partial charge < -0.3 is 24.4 Å². The number of ether oxygens (including phenoxy) is 3. The Labute approximate surface area is 87.5 Å². The van der Waals surface area contributed by atoms with Crippen molar-refractivity contribution in [2.24, 2.45) is 4.99 Å². The van der Waals surface area contributed by atoms with Crippen molar-refractivity contribution in [1.82, 2.24) is 0 Å². The molecule has 2 aliphatic rings. The Morgan fingerprint density at radius 2 is 2.27 bits per heavy atom. The normalized spacial score (nSPS) is 44.5. The van der Waals surface area contributed by atoms with Crippen LogP contribution in [0.2, 0.25) is 0 Å². The van der Waals surface area contributed by atoms with E-state index in [1.807, 2.05) is 0 Å². The summed E-state index contributed by atoms with van der Waals surface area (Å²) in [5.41, 5.74) is 0. The number of hydrogen-bond donors (Lipinski definition) is 2. The van der Waals surface area contributed by atoms with Gasteiger partial charge in [0.25, 0.3) is 0 Å². The molecular weight excluding hydrogens is 202 g/mol. The van der Waals surface area contributed by atoms with Gasteiger partial charge in [-0.15, -0.1) is 0 Å². The van der Waals surface area contributed by atoms with E-state index < -0.39 is 30.6 Å². The summed E-state index contributed by atoms with van der Waals surface area (Å²) in [4.78, 5) is 4.12. The van der Waals surface area contributed by atoms with Gasteiger partial charge in [-0.1, -0.05) is 0 Å². The number of fused-ring (bicyclic) bond motifs is 1. The molecule has 0 amide bonds. The molecule has 2 unspecified atom stereocenters. The van der Waals surface area contributed by atoms with Gasteiger partial charge in [-0.25, -0.2) is 4.99 Å². The van der Waals surface area contributed by atoms with E-state index in [0.29, 0.717) is 5.90 Å². The number of aliphatic hydroxyl groups is 2. The highest BCUT2D eigenvalue weighted by Crippen LogP contribution is 2.29. The Morgan fingerprint density at radius 3 is 2.87 bits per heavy atom. The second kappa shape index (κ2) is 4.05. The maximum Gasteiger partial charge on any atom is 0.227 e. The number of aliphatic imine (C=N–C) groups is 1. The molecule has 0 aromatic carbocycles.